The number of hydrogen-bond acceptors (Lipinski definition) is 4. The number of methoxy groups -OCH3 is 1. The minimum atomic E-state index is -0.259. The summed E-state index contributed by atoms with van der Waals surface area (Å²) in [6.07, 6.45) is 3.61. The van der Waals surface area contributed by atoms with Crippen LogP contribution >= 0.6 is 11.8 Å². The van der Waals surface area contributed by atoms with Gasteiger partial charge in [0.05, 0.1) is 18.0 Å². The lowest BCUT2D eigenvalue weighted by Gasteiger charge is -2.13. The third kappa shape index (κ3) is 4.46. The molecule has 0 spiro atoms. The zero-order chi connectivity index (χ0) is 18.4. The van der Waals surface area contributed by atoms with Crippen molar-refractivity contribution in [2.24, 2.45) is 0 Å². The predicted molar refractivity (Wildman–Crippen MR) is 104 cm³/mol. The first kappa shape index (κ1) is 18.1. The maximum absolute atomic E-state index is 12.4. The van der Waals surface area contributed by atoms with E-state index in [1.807, 2.05) is 72.3 Å². The van der Waals surface area contributed by atoms with Crippen LogP contribution in [0.1, 0.15) is 12.5 Å². The molecule has 134 valence electrons. The van der Waals surface area contributed by atoms with Gasteiger partial charge in [-0.15, -0.1) is 0 Å². The monoisotopic (exact) mass is 367 g/mol. The van der Waals surface area contributed by atoms with Gasteiger partial charge >= 0.3 is 0 Å². The van der Waals surface area contributed by atoms with Gasteiger partial charge in [-0.1, -0.05) is 48.2 Å². The van der Waals surface area contributed by atoms with Crippen LogP contribution in [-0.4, -0.2) is 27.8 Å². The summed E-state index contributed by atoms with van der Waals surface area (Å²) >= 11 is 1.43. The number of rotatable bonds is 7. The summed E-state index contributed by atoms with van der Waals surface area (Å²) in [5, 5.41) is 3.48. The van der Waals surface area contributed by atoms with Gasteiger partial charge in [0, 0.05) is 25.0 Å². The Hall–Kier alpha value is -2.73. The Balaban J connectivity index is 1.65. The van der Waals surface area contributed by atoms with Gasteiger partial charge in [-0.2, -0.15) is 0 Å². The molecule has 0 saturated carbocycles. The van der Waals surface area contributed by atoms with Crippen LogP contribution in [0.2, 0.25) is 0 Å². The molecular formula is C20H21N3O2S. The summed E-state index contributed by atoms with van der Waals surface area (Å²) in [5.41, 5.74) is 2.03. The highest BCUT2D eigenvalue weighted by atomic mass is 32.2. The van der Waals surface area contributed by atoms with Crippen LogP contribution < -0.4 is 10.1 Å². The average molecular weight is 367 g/mol. The van der Waals surface area contributed by atoms with Crippen molar-refractivity contribution in [3.8, 4) is 11.4 Å². The topological polar surface area (TPSA) is 56.2 Å². The number of aromatic nitrogens is 2. The molecule has 0 radical (unpaired) electrons. The Bertz CT molecular complexity index is 864. The Morgan fingerprint density at radius 2 is 2.04 bits per heavy atom. The standard InChI is InChI=1S/C20H21N3O2S/c1-15(19(24)22-14-16-7-4-3-5-8-16)26-20-21-11-12-23(20)17-9-6-10-18(13-17)25-2/h3-13,15H,14H2,1-2H3,(H,22,24). The Kier molecular flexibility index (Phi) is 5.96. The van der Waals surface area contributed by atoms with E-state index < -0.39 is 0 Å². The number of nitrogens with one attached hydrogen (secondary N) is 1. The molecule has 0 saturated heterocycles. The highest BCUT2D eigenvalue weighted by molar-refractivity contribution is 8.00. The van der Waals surface area contributed by atoms with E-state index in [0.29, 0.717) is 6.54 Å². The summed E-state index contributed by atoms with van der Waals surface area (Å²) in [5.74, 6) is 0.764. The van der Waals surface area contributed by atoms with E-state index >= 15 is 0 Å². The molecule has 0 aliphatic rings. The summed E-state index contributed by atoms with van der Waals surface area (Å²) in [6, 6.07) is 17.6. The molecular weight excluding hydrogens is 346 g/mol. The molecule has 0 fully saturated rings. The summed E-state index contributed by atoms with van der Waals surface area (Å²) in [6.45, 7) is 2.41. The third-order valence-electron chi connectivity index (χ3n) is 3.90. The first-order valence-corrected chi connectivity index (χ1v) is 9.21. The molecule has 1 aromatic heterocycles. The van der Waals surface area contributed by atoms with Crippen molar-refractivity contribution in [3.63, 3.8) is 0 Å². The van der Waals surface area contributed by atoms with E-state index in [1.54, 1.807) is 13.3 Å². The van der Waals surface area contributed by atoms with Crippen LogP contribution in [0.25, 0.3) is 5.69 Å². The van der Waals surface area contributed by atoms with Crippen molar-refractivity contribution < 1.29 is 9.53 Å². The van der Waals surface area contributed by atoms with Gasteiger partial charge in [0.1, 0.15) is 5.75 Å². The van der Waals surface area contributed by atoms with Crippen LogP contribution in [0.3, 0.4) is 0 Å². The van der Waals surface area contributed by atoms with Crippen molar-refractivity contribution in [2.45, 2.75) is 23.9 Å². The summed E-state index contributed by atoms with van der Waals surface area (Å²) in [7, 11) is 1.64. The number of hydrogen-bond donors (Lipinski definition) is 1. The van der Waals surface area contributed by atoms with E-state index in [2.05, 4.69) is 10.3 Å². The fourth-order valence-electron chi connectivity index (χ4n) is 2.47. The van der Waals surface area contributed by atoms with Gasteiger partial charge in [-0.25, -0.2) is 4.98 Å². The quantitative estimate of drug-likeness (QED) is 0.647. The number of amides is 1. The second kappa shape index (κ2) is 8.58. The van der Waals surface area contributed by atoms with Crippen LogP contribution in [0.5, 0.6) is 5.75 Å². The van der Waals surface area contributed by atoms with Gasteiger partial charge in [0.25, 0.3) is 0 Å². The van der Waals surface area contributed by atoms with Crippen LogP contribution in [0.15, 0.2) is 72.1 Å². The first-order chi connectivity index (χ1) is 12.7. The molecule has 0 aliphatic carbocycles. The van der Waals surface area contributed by atoms with Crippen molar-refractivity contribution in [3.05, 3.63) is 72.6 Å². The van der Waals surface area contributed by atoms with Crippen molar-refractivity contribution in [1.82, 2.24) is 14.9 Å². The molecule has 6 heteroatoms. The zero-order valence-corrected chi connectivity index (χ0v) is 15.6. The molecule has 1 N–H and O–H groups in total. The van der Waals surface area contributed by atoms with E-state index in [-0.39, 0.29) is 11.2 Å². The number of imidazole rings is 1. The minimum absolute atomic E-state index is 0.0148. The van der Waals surface area contributed by atoms with Crippen LogP contribution in [0, 0.1) is 0 Å². The highest BCUT2D eigenvalue weighted by Crippen LogP contribution is 2.26. The highest BCUT2D eigenvalue weighted by Gasteiger charge is 2.17. The van der Waals surface area contributed by atoms with Gasteiger partial charge in [-0.05, 0) is 24.6 Å². The Labute approximate surface area is 157 Å². The third-order valence-corrected chi connectivity index (χ3v) is 4.98. The molecule has 1 heterocycles. The maximum atomic E-state index is 12.4. The maximum Gasteiger partial charge on any atom is 0.233 e. The molecule has 3 aromatic rings. The number of ether oxygens (including phenoxy) is 1. The fourth-order valence-corrected chi connectivity index (χ4v) is 3.38. The SMILES string of the molecule is COc1cccc(-n2ccnc2SC(C)C(=O)NCc2ccccc2)c1. The Morgan fingerprint density at radius 1 is 1.23 bits per heavy atom. The molecule has 5 nitrogen and oxygen atoms in total. The molecule has 0 aliphatic heterocycles. The average Bonchev–Trinajstić information content (AvgIpc) is 3.15. The minimum Gasteiger partial charge on any atom is -0.497 e. The second-order valence-electron chi connectivity index (χ2n) is 5.74. The number of carbonyl (C=O) groups excluding carboxylic acids is 1. The molecule has 26 heavy (non-hydrogen) atoms. The molecule has 1 unspecified atom stereocenters. The van der Waals surface area contributed by atoms with E-state index in [1.165, 1.54) is 11.8 Å². The smallest absolute Gasteiger partial charge is 0.233 e. The first-order valence-electron chi connectivity index (χ1n) is 8.33. The van der Waals surface area contributed by atoms with Crippen molar-refractivity contribution in [1.29, 1.82) is 0 Å². The largest absolute Gasteiger partial charge is 0.497 e. The lowest BCUT2D eigenvalue weighted by Crippen LogP contribution is -2.30. The fraction of sp³-hybridized carbons (Fsp3) is 0.200. The normalized spacial score (nSPS) is 11.8. The molecule has 1 atom stereocenters. The number of thioether (sulfide) groups is 1. The van der Waals surface area contributed by atoms with E-state index in [4.69, 9.17) is 4.74 Å². The molecule has 1 amide bonds. The molecule has 2 aromatic carbocycles. The van der Waals surface area contributed by atoms with Crippen LogP contribution in [-0.2, 0) is 11.3 Å². The Morgan fingerprint density at radius 3 is 2.81 bits per heavy atom. The zero-order valence-electron chi connectivity index (χ0n) is 14.8. The lowest BCUT2D eigenvalue weighted by molar-refractivity contribution is -0.120. The summed E-state index contributed by atoms with van der Waals surface area (Å²) < 4.78 is 7.23. The number of benzene rings is 2. The van der Waals surface area contributed by atoms with Crippen molar-refractivity contribution in [2.75, 3.05) is 7.11 Å². The summed E-state index contributed by atoms with van der Waals surface area (Å²) in [4.78, 5) is 16.8. The van der Waals surface area contributed by atoms with E-state index in [0.717, 1.165) is 22.2 Å². The van der Waals surface area contributed by atoms with E-state index in [9.17, 15) is 4.79 Å². The van der Waals surface area contributed by atoms with Crippen LogP contribution in [0.4, 0.5) is 0 Å². The van der Waals surface area contributed by atoms with Gasteiger partial charge in [0.15, 0.2) is 5.16 Å². The van der Waals surface area contributed by atoms with Gasteiger partial charge in [0.2, 0.25) is 5.91 Å². The van der Waals surface area contributed by atoms with Gasteiger partial charge in [-0.3, -0.25) is 9.36 Å². The molecule has 0 bridgehead atoms. The lowest BCUT2D eigenvalue weighted by atomic mass is 10.2. The number of carbonyl (C=O) groups is 1. The second-order valence-corrected chi connectivity index (χ2v) is 7.05. The van der Waals surface area contributed by atoms with Crippen molar-refractivity contribution >= 4 is 17.7 Å². The molecule has 3 rings (SSSR count). The number of nitrogens with zero attached hydrogens (tertiary/aromatic N) is 2. The predicted octanol–water partition coefficient (Wildman–Crippen LogP) is 3.68. The van der Waals surface area contributed by atoms with Gasteiger partial charge < -0.3 is 10.1 Å².